The molecule has 0 fully saturated rings. The Labute approximate surface area is 136 Å². The van der Waals surface area contributed by atoms with E-state index in [-0.39, 0.29) is 0 Å². The van der Waals surface area contributed by atoms with Gasteiger partial charge in [-0.3, -0.25) is 0 Å². The first-order chi connectivity index (χ1) is 9.63. The summed E-state index contributed by atoms with van der Waals surface area (Å²) in [5.74, 6) is 0.490. The molecular formula is C14H13BrCl2N2O. The van der Waals surface area contributed by atoms with Gasteiger partial charge < -0.3 is 4.74 Å². The fourth-order valence-electron chi connectivity index (χ4n) is 1.71. The lowest BCUT2D eigenvalue weighted by atomic mass is 10.1. The van der Waals surface area contributed by atoms with E-state index in [1.54, 1.807) is 0 Å². The Bertz CT molecular complexity index is 584. The van der Waals surface area contributed by atoms with Gasteiger partial charge in [-0.25, -0.2) is 9.97 Å². The van der Waals surface area contributed by atoms with Crippen molar-refractivity contribution in [3.63, 3.8) is 0 Å². The first-order valence-corrected chi connectivity index (χ1v) is 7.73. The lowest BCUT2D eigenvalue weighted by Gasteiger charge is -2.10. The summed E-state index contributed by atoms with van der Waals surface area (Å²) in [6.45, 7) is 3.00. The number of hydrogen-bond donors (Lipinski definition) is 0. The van der Waals surface area contributed by atoms with Crippen LogP contribution in [0.4, 0.5) is 0 Å². The molecule has 0 saturated carbocycles. The second-order valence-electron chi connectivity index (χ2n) is 4.13. The molecule has 0 unspecified atom stereocenters. The third-order valence-electron chi connectivity index (χ3n) is 2.59. The van der Waals surface area contributed by atoms with E-state index >= 15 is 0 Å². The number of ether oxygens (including phenoxy) is 1. The van der Waals surface area contributed by atoms with Gasteiger partial charge in [-0.2, -0.15) is 0 Å². The molecule has 0 aliphatic heterocycles. The summed E-state index contributed by atoms with van der Waals surface area (Å²) in [5.41, 5.74) is 1.49. The van der Waals surface area contributed by atoms with Crippen molar-refractivity contribution in [3.05, 3.63) is 44.9 Å². The van der Waals surface area contributed by atoms with Gasteiger partial charge in [-0.15, -0.1) is 0 Å². The quantitative estimate of drug-likeness (QED) is 0.536. The Morgan fingerprint density at radius 1 is 1.15 bits per heavy atom. The predicted molar refractivity (Wildman–Crippen MR) is 85.1 cm³/mol. The molecule has 0 spiro atoms. The second kappa shape index (κ2) is 7.36. The molecule has 0 aliphatic rings. The topological polar surface area (TPSA) is 35.0 Å². The highest BCUT2D eigenvalue weighted by molar-refractivity contribution is 9.10. The van der Waals surface area contributed by atoms with Gasteiger partial charge in [0.1, 0.15) is 16.9 Å². The van der Waals surface area contributed by atoms with Crippen LogP contribution in [0.3, 0.4) is 0 Å². The van der Waals surface area contributed by atoms with Crippen LogP contribution in [0.25, 0.3) is 11.1 Å². The van der Waals surface area contributed by atoms with Crippen LogP contribution in [0, 0.1) is 0 Å². The minimum atomic E-state index is 0.309. The van der Waals surface area contributed by atoms with E-state index in [4.69, 9.17) is 27.9 Å². The molecule has 1 aromatic heterocycles. The summed E-state index contributed by atoms with van der Waals surface area (Å²) in [6, 6.07) is 7.66. The van der Waals surface area contributed by atoms with Crippen molar-refractivity contribution in [1.82, 2.24) is 9.97 Å². The maximum absolute atomic E-state index is 6.24. The van der Waals surface area contributed by atoms with Crippen molar-refractivity contribution >= 4 is 39.1 Å². The minimum Gasteiger partial charge on any atom is -0.373 e. The molecule has 106 valence electrons. The van der Waals surface area contributed by atoms with E-state index in [0.29, 0.717) is 34.9 Å². The lowest BCUT2D eigenvalue weighted by molar-refractivity contribution is 0.116. The average molecular weight is 376 g/mol. The fourth-order valence-corrected chi connectivity index (χ4v) is 2.82. The summed E-state index contributed by atoms with van der Waals surface area (Å²) in [7, 11) is 0. The molecule has 20 heavy (non-hydrogen) atoms. The van der Waals surface area contributed by atoms with Crippen LogP contribution < -0.4 is 0 Å². The van der Waals surface area contributed by atoms with Crippen LogP contribution in [0.15, 0.2) is 28.7 Å². The number of hydrogen-bond acceptors (Lipinski definition) is 3. The Morgan fingerprint density at radius 3 is 2.40 bits per heavy atom. The highest BCUT2D eigenvalue weighted by Crippen LogP contribution is 2.36. The van der Waals surface area contributed by atoms with Crippen LogP contribution in [0.5, 0.6) is 0 Å². The van der Waals surface area contributed by atoms with Crippen molar-refractivity contribution in [2.24, 2.45) is 0 Å². The van der Waals surface area contributed by atoms with Gasteiger partial charge in [0, 0.05) is 16.6 Å². The van der Waals surface area contributed by atoms with Crippen LogP contribution in [-0.2, 0) is 11.3 Å². The SMILES string of the molecule is CCCOCc1nc(Cl)c(-c2ccccc2Br)c(Cl)n1. The first kappa shape index (κ1) is 15.7. The maximum atomic E-state index is 6.24. The predicted octanol–water partition coefficient (Wildman–Crippen LogP) is 5.14. The van der Waals surface area contributed by atoms with E-state index in [9.17, 15) is 0 Å². The fraction of sp³-hybridized carbons (Fsp3) is 0.286. The third-order valence-corrected chi connectivity index (χ3v) is 3.83. The lowest BCUT2D eigenvalue weighted by Crippen LogP contribution is -2.02. The molecule has 0 radical (unpaired) electrons. The average Bonchev–Trinajstić information content (AvgIpc) is 2.40. The molecule has 0 amide bonds. The molecule has 0 atom stereocenters. The summed E-state index contributed by atoms with van der Waals surface area (Å²) in [5, 5.41) is 0.652. The Kier molecular flexibility index (Phi) is 5.78. The highest BCUT2D eigenvalue weighted by atomic mass is 79.9. The van der Waals surface area contributed by atoms with Crippen LogP contribution in [0.1, 0.15) is 19.2 Å². The molecule has 0 N–H and O–H groups in total. The van der Waals surface area contributed by atoms with E-state index in [0.717, 1.165) is 16.5 Å². The highest BCUT2D eigenvalue weighted by Gasteiger charge is 2.15. The molecule has 6 heteroatoms. The summed E-state index contributed by atoms with van der Waals surface area (Å²) >= 11 is 16.0. The minimum absolute atomic E-state index is 0.309. The van der Waals surface area contributed by atoms with Crippen LogP contribution >= 0.6 is 39.1 Å². The summed E-state index contributed by atoms with van der Waals surface area (Å²) in [6.07, 6.45) is 0.941. The molecule has 3 nitrogen and oxygen atoms in total. The smallest absolute Gasteiger partial charge is 0.157 e. The molecular weight excluding hydrogens is 363 g/mol. The van der Waals surface area contributed by atoms with Crippen LogP contribution in [0.2, 0.25) is 10.3 Å². The molecule has 0 bridgehead atoms. The Balaban J connectivity index is 2.34. The van der Waals surface area contributed by atoms with Crippen molar-refractivity contribution in [2.45, 2.75) is 20.0 Å². The number of rotatable bonds is 5. The third kappa shape index (κ3) is 3.70. The zero-order valence-electron chi connectivity index (χ0n) is 10.9. The molecule has 0 saturated heterocycles. The Morgan fingerprint density at radius 2 is 1.80 bits per heavy atom. The van der Waals surface area contributed by atoms with E-state index in [1.807, 2.05) is 31.2 Å². The first-order valence-electron chi connectivity index (χ1n) is 6.18. The largest absolute Gasteiger partial charge is 0.373 e. The van der Waals surface area contributed by atoms with Gasteiger partial charge in [0.15, 0.2) is 5.82 Å². The number of halogens is 3. The van der Waals surface area contributed by atoms with Gasteiger partial charge >= 0.3 is 0 Å². The zero-order valence-corrected chi connectivity index (χ0v) is 14.0. The van der Waals surface area contributed by atoms with Crippen LogP contribution in [-0.4, -0.2) is 16.6 Å². The molecule has 0 aliphatic carbocycles. The molecule has 1 aromatic carbocycles. The zero-order chi connectivity index (χ0) is 14.5. The standard InChI is InChI=1S/C14H13BrCl2N2O/c1-2-7-20-8-11-18-13(16)12(14(17)19-11)9-5-3-4-6-10(9)15/h3-6H,2,7-8H2,1H3. The Hall–Kier alpha value is -0.680. The van der Waals surface area contributed by atoms with E-state index in [2.05, 4.69) is 25.9 Å². The van der Waals surface area contributed by atoms with Crippen molar-refractivity contribution in [1.29, 1.82) is 0 Å². The monoisotopic (exact) mass is 374 g/mol. The van der Waals surface area contributed by atoms with Gasteiger partial charge in [0.2, 0.25) is 0 Å². The summed E-state index contributed by atoms with van der Waals surface area (Å²) < 4.78 is 6.29. The number of benzene rings is 1. The van der Waals surface area contributed by atoms with Crippen molar-refractivity contribution in [2.75, 3.05) is 6.61 Å². The number of aromatic nitrogens is 2. The van der Waals surface area contributed by atoms with Gasteiger partial charge in [0.05, 0.1) is 5.56 Å². The maximum Gasteiger partial charge on any atom is 0.157 e. The summed E-state index contributed by atoms with van der Waals surface area (Å²) in [4.78, 5) is 8.49. The second-order valence-corrected chi connectivity index (χ2v) is 5.70. The van der Waals surface area contributed by atoms with E-state index < -0.39 is 0 Å². The molecule has 2 aromatic rings. The number of nitrogens with zero attached hydrogens (tertiary/aromatic N) is 2. The normalized spacial score (nSPS) is 10.8. The molecule has 1 heterocycles. The van der Waals surface area contributed by atoms with Crippen molar-refractivity contribution in [3.8, 4) is 11.1 Å². The van der Waals surface area contributed by atoms with Gasteiger partial charge in [0.25, 0.3) is 0 Å². The van der Waals surface area contributed by atoms with Gasteiger partial charge in [-0.05, 0) is 12.5 Å². The van der Waals surface area contributed by atoms with Crippen molar-refractivity contribution < 1.29 is 4.74 Å². The molecule has 2 rings (SSSR count). The van der Waals surface area contributed by atoms with Gasteiger partial charge in [-0.1, -0.05) is 64.3 Å². The van der Waals surface area contributed by atoms with E-state index in [1.165, 1.54) is 0 Å².